The fourth-order valence-corrected chi connectivity index (χ4v) is 4.80. The highest BCUT2D eigenvalue weighted by molar-refractivity contribution is 7.89. The van der Waals surface area contributed by atoms with Gasteiger partial charge in [-0.05, 0) is 61.9 Å². The lowest BCUT2D eigenvalue weighted by Gasteiger charge is -2.36. The third-order valence-corrected chi connectivity index (χ3v) is 6.97. The summed E-state index contributed by atoms with van der Waals surface area (Å²) in [4.78, 5) is 15.5. The Morgan fingerprint density at radius 2 is 1.90 bits per heavy atom. The van der Waals surface area contributed by atoms with Gasteiger partial charge in [-0.1, -0.05) is 0 Å². The first-order valence-corrected chi connectivity index (χ1v) is 10.9. The Bertz CT molecular complexity index is 1210. The maximum absolute atomic E-state index is 13.1. The minimum atomic E-state index is -3.87. The number of nitrogens with zero attached hydrogens (tertiary/aromatic N) is 2. The third-order valence-electron chi connectivity index (χ3n) is 5.05. The molecule has 2 heterocycles. The van der Waals surface area contributed by atoms with Gasteiger partial charge in [0, 0.05) is 12.1 Å². The van der Waals surface area contributed by atoms with Crippen LogP contribution in [0.25, 0.3) is 11.5 Å². The summed E-state index contributed by atoms with van der Waals surface area (Å²) in [5.41, 5.74) is 1.19. The van der Waals surface area contributed by atoms with Crippen LogP contribution >= 0.6 is 0 Å². The van der Waals surface area contributed by atoms with Crippen molar-refractivity contribution in [2.45, 2.75) is 30.9 Å². The van der Waals surface area contributed by atoms with Crippen LogP contribution in [0, 0.1) is 12.7 Å². The second-order valence-electron chi connectivity index (χ2n) is 7.05. The van der Waals surface area contributed by atoms with Crippen LogP contribution in [0.4, 0.5) is 4.39 Å². The first kappa shape index (κ1) is 21.0. The van der Waals surface area contributed by atoms with Gasteiger partial charge in [-0.3, -0.25) is 4.79 Å². The molecule has 8 nitrogen and oxygen atoms in total. The standard InChI is InChI=1S/C21H19FN2O6S/c1-13-18(23-20(30-13)14-2-4-15(22)5-3-14)12-29-16-6-8-17(9-7-16)31(27,28)24-11-10-19(24)21(25)26/h2-9,19H,10-12H2,1H3,(H,25,26)/t19-/m1/s1. The second-order valence-corrected chi connectivity index (χ2v) is 8.94. The van der Waals surface area contributed by atoms with Crippen LogP contribution in [0.3, 0.4) is 0 Å². The largest absolute Gasteiger partial charge is 0.487 e. The van der Waals surface area contributed by atoms with Crippen molar-refractivity contribution >= 4 is 16.0 Å². The van der Waals surface area contributed by atoms with Gasteiger partial charge in [-0.25, -0.2) is 17.8 Å². The summed E-state index contributed by atoms with van der Waals surface area (Å²) in [5.74, 6) is -0.189. The van der Waals surface area contributed by atoms with E-state index in [-0.39, 0.29) is 23.9 Å². The smallest absolute Gasteiger partial charge is 0.322 e. The SMILES string of the molecule is Cc1oc(-c2ccc(F)cc2)nc1COc1ccc(S(=O)(=O)N2CC[C@@H]2C(=O)O)cc1. The number of oxazole rings is 1. The molecular formula is C21H19FN2O6S. The molecule has 162 valence electrons. The highest BCUT2D eigenvalue weighted by atomic mass is 32.2. The van der Waals surface area contributed by atoms with Gasteiger partial charge in [-0.15, -0.1) is 0 Å². The molecule has 1 fully saturated rings. The fraction of sp³-hybridized carbons (Fsp3) is 0.238. The number of aliphatic carboxylic acids is 1. The van der Waals surface area contributed by atoms with Crippen molar-refractivity contribution in [2.75, 3.05) is 6.54 Å². The molecular weight excluding hydrogens is 427 g/mol. The quantitative estimate of drug-likeness (QED) is 0.593. The lowest BCUT2D eigenvalue weighted by Crippen LogP contribution is -2.54. The Labute approximate surface area is 177 Å². The van der Waals surface area contributed by atoms with Crippen molar-refractivity contribution in [3.8, 4) is 17.2 Å². The monoisotopic (exact) mass is 446 g/mol. The molecule has 1 aliphatic heterocycles. The van der Waals surface area contributed by atoms with E-state index in [0.717, 1.165) is 4.31 Å². The molecule has 1 atom stereocenters. The van der Waals surface area contributed by atoms with Crippen LogP contribution in [0.5, 0.6) is 5.75 Å². The molecule has 10 heteroatoms. The zero-order valence-corrected chi connectivity index (χ0v) is 17.3. The number of hydrogen-bond acceptors (Lipinski definition) is 6. The summed E-state index contributed by atoms with van der Waals surface area (Å²) >= 11 is 0. The van der Waals surface area contributed by atoms with Crippen LogP contribution in [0.2, 0.25) is 0 Å². The summed E-state index contributed by atoms with van der Waals surface area (Å²) in [7, 11) is -3.87. The van der Waals surface area contributed by atoms with E-state index in [2.05, 4.69) is 4.98 Å². The van der Waals surface area contributed by atoms with Crippen molar-refractivity contribution in [2.24, 2.45) is 0 Å². The van der Waals surface area contributed by atoms with E-state index in [0.29, 0.717) is 35.1 Å². The number of carbonyl (C=O) groups is 1. The van der Waals surface area contributed by atoms with E-state index in [1.165, 1.54) is 36.4 Å². The Hall–Kier alpha value is -3.24. The molecule has 2 aromatic carbocycles. The molecule has 0 amide bonds. The van der Waals surface area contributed by atoms with Gasteiger partial charge < -0.3 is 14.3 Å². The number of benzene rings is 2. The van der Waals surface area contributed by atoms with Crippen molar-refractivity contribution < 1.29 is 31.9 Å². The summed E-state index contributed by atoms with van der Waals surface area (Å²) in [6.07, 6.45) is 0.298. The number of carboxylic acid groups (broad SMARTS) is 1. The van der Waals surface area contributed by atoms with Crippen LogP contribution in [-0.4, -0.2) is 41.4 Å². The molecule has 31 heavy (non-hydrogen) atoms. The van der Waals surface area contributed by atoms with Crippen molar-refractivity contribution in [1.82, 2.24) is 9.29 Å². The van der Waals surface area contributed by atoms with Gasteiger partial charge in [0.05, 0.1) is 4.90 Å². The predicted octanol–water partition coefficient (Wildman–Crippen LogP) is 3.22. The van der Waals surface area contributed by atoms with E-state index in [1.807, 2.05) is 0 Å². The van der Waals surface area contributed by atoms with Crippen molar-refractivity contribution in [1.29, 1.82) is 0 Å². The lowest BCUT2D eigenvalue weighted by molar-refractivity contribution is -0.144. The number of carboxylic acids is 1. The number of ether oxygens (including phenoxy) is 1. The fourth-order valence-electron chi connectivity index (χ4n) is 3.17. The molecule has 1 aromatic heterocycles. The Morgan fingerprint density at radius 1 is 1.23 bits per heavy atom. The average molecular weight is 446 g/mol. The molecule has 0 spiro atoms. The van der Waals surface area contributed by atoms with Crippen LogP contribution in [0.1, 0.15) is 17.9 Å². The molecule has 1 N–H and O–H groups in total. The molecule has 4 rings (SSSR count). The first-order valence-electron chi connectivity index (χ1n) is 9.45. The number of aryl methyl sites for hydroxylation is 1. The minimum absolute atomic E-state index is 0.00186. The summed E-state index contributed by atoms with van der Waals surface area (Å²) in [6.45, 7) is 2.01. The highest BCUT2D eigenvalue weighted by Gasteiger charge is 2.42. The molecule has 0 bridgehead atoms. The second kappa shape index (κ2) is 8.12. The summed E-state index contributed by atoms with van der Waals surface area (Å²) in [6, 6.07) is 10.5. The zero-order valence-electron chi connectivity index (χ0n) is 16.5. The van der Waals surface area contributed by atoms with Crippen LogP contribution < -0.4 is 4.74 Å². The van der Waals surface area contributed by atoms with E-state index in [4.69, 9.17) is 14.3 Å². The molecule has 0 aliphatic carbocycles. The van der Waals surface area contributed by atoms with Crippen molar-refractivity contribution in [3.63, 3.8) is 0 Å². The molecule has 0 radical (unpaired) electrons. The maximum atomic E-state index is 13.1. The Kier molecular flexibility index (Phi) is 5.50. The van der Waals surface area contributed by atoms with E-state index in [9.17, 15) is 17.6 Å². The van der Waals surface area contributed by atoms with Crippen LogP contribution in [-0.2, 0) is 21.4 Å². The van der Waals surface area contributed by atoms with E-state index < -0.39 is 22.0 Å². The van der Waals surface area contributed by atoms with Crippen LogP contribution in [0.15, 0.2) is 57.8 Å². The third kappa shape index (κ3) is 4.17. The topological polar surface area (TPSA) is 110 Å². The molecule has 1 saturated heterocycles. The van der Waals surface area contributed by atoms with Gasteiger partial charge in [0.25, 0.3) is 0 Å². The Morgan fingerprint density at radius 3 is 2.48 bits per heavy atom. The summed E-state index contributed by atoms with van der Waals surface area (Å²) in [5, 5.41) is 9.09. The number of rotatable bonds is 7. The van der Waals surface area contributed by atoms with Crippen molar-refractivity contribution in [3.05, 3.63) is 65.8 Å². The summed E-state index contributed by atoms with van der Waals surface area (Å²) < 4.78 is 50.6. The zero-order chi connectivity index (χ0) is 22.2. The minimum Gasteiger partial charge on any atom is -0.487 e. The van der Waals surface area contributed by atoms with E-state index in [1.54, 1.807) is 19.1 Å². The van der Waals surface area contributed by atoms with Gasteiger partial charge in [0.15, 0.2) is 0 Å². The lowest BCUT2D eigenvalue weighted by atomic mass is 10.1. The molecule has 0 unspecified atom stereocenters. The van der Waals surface area contributed by atoms with Gasteiger partial charge in [-0.2, -0.15) is 4.31 Å². The molecule has 0 saturated carbocycles. The molecule has 1 aliphatic rings. The number of halogens is 1. The van der Waals surface area contributed by atoms with E-state index >= 15 is 0 Å². The Balaban J connectivity index is 1.43. The maximum Gasteiger partial charge on any atom is 0.322 e. The number of hydrogen-bond donors (Lipinski definition) is 1. The van der Waals surface area contributed by atoms with Gasteiger partial charge in [0.2, 0.25) is 15.9 Å². The number of aromatic nitrogens is 1. The molecule has 3 aromatic rings. The first-order chi connectivity index (χ1) is 14.8. The normalized spacial score (nSPS) is 16.6. The van der Waals surface area contributed by atoms with Gasteiger partial charge in [0.1, 0.15) is 35.7 Å². The predicted molar refractivity (Wildman–Crippen MR) is 107 cm³/mol. The average Bonchev–Trinajstić information content (AvgIpc) is 3.06. The highest BCUT2D eigenvalue weighted by Crippen LogP contribution is 2.28. The number of sulfonamides is 1. The van der Waals surface area contributed by atoms with Gasteiger partial charge >= 0.3 is 5.97 Å².